The number of rotatable bonds is 9. The predicted molar refractivity (Wildman–Crippen MR) is 127 cm³/mol. The first kappa shape index (κ1) is 23.0. The lowest BCUT2D eigenvalue weighted by atomic mass is 10.1. The second-order valence-corrected chi connectivity index (χ2v) is 8.41. The van der Waals surface area contributed by atoms with Gasteiger partial charge in [-0.25, -0.2) is 0 Å². The van der Waals surface area contributed by atoms with Crippen molar-refractivity contribution in [1.82, 2.24) is 19.9 Å². The van der Waals surface area contributed by atoms with E-state index in [4.69, 9.17) is 9.26 Å². The van der Waals surface area contributed by atoms with Crippen molar-refractivity contribution in [2.45, 2.75) is 32.1 Å². The van der Waals surface area contributed by atoms with Crippen molar-refractivity contribution in [2.75, 3.05) is 39.8 Å². The minimum Gasteiger partial charge on any atom is -0.497 e. The van der Waals surface area contributed by atoms with Crippen LogP contribution < -0.4 is 4.74 Å². The van der Waals surface area contributed by atoms with Crippen molar-refractivity contribution in [3.8, 4) is 17.1 Å². The largest absolute Gasteiger partial charge is 0.497 e. The van der Waals surface area contributed by atoms with Crippen LogP contribution in [0.2, 0.25) is 0 Å². The Morgan fingerprint density at radius 2 is 1.82 bits per heavy atom. The standard InChI is InChI=1S/C26H32N4O3/c1-32-23-13-10-21(11-14-23)12-15-25(31)30-18-6-17-29(19-20-30)16-5-9-24-27-26(28-33-24)22-7-3-2-4-8-22/h2-4,7-8,10-11,13-14H,5-6,9,12,15-20H2,1H3. The molecule has 0 aliphatic carbocycles. The molecule has 0 spiro atoms. The second kappa shape index (κ2) is 11.6. The Balaban J connectivity index is 1.17. The van der Waals surface area contributed by atoms with Gasteiger partial charge in [-0.15, -0.1) is 0 Å². The van der Waals surface area contributed by atoms with Crippen molar-refractivity contribution in [2.24, 2.45) is 0 Å². The van der Waals surface area contributed by atoms with Crippen LogP contribution in [0.5, 0.6) is 5.75 Å². The Kier molecular flexibility index (Phi) is 8.09. The van der Waals surface area contributed by atoms with Gasteiger partial charge < -0.3 is 19.1 Å². The first-order valence-corrected chi connectivity index (χ1v) is 11.7. The first-order chi connectivity index (χ1) is 16.2. The van der Waals surface area contributed by atoms with E-state index in [2.05, 4.69) is 15.0 Å². The van der Waals surface area contributed by atoms with Crippen molar-refractivity contribution < 1.29 is 14.1 Å². The topological polar surface area (TPSA) is 71.7 Å². The molecule has 1 fully saturated rings. The van der Waals surface area contributed by atoms with Gasteiger partial charge in [0, 0.05) is 38.0 Å². The molecule has 2 aromatic carbocycles. The fourth-order valence-electron chi connectivity index (χ4n) is 4.16. The molecular weight excluding hydrogens is 416 g/mol. The smallest absolute Gasteiger partial charge is 0.227 e. The number of hydrogen-bond acceptors (Lipinski definition) is 6. The van der Waals surface area contributed by atoms with Gasteiger partial charge in [0.05, 0.1) is 7.11 Å². The summed E-state index contributed by atoms with van der Waals surface area (Å²) in [6.45, 7) is 4.52. The number of aromatic nitrogens is 2. The Hall–Kier alpha value is -3.19. The highest BCUT2D eigenvalue weighted by atomic mass is 16.5. The van der Waals surface area contributed by atoms with E-state index >= 15 is 0 Å². The highest BCUT2D eigenvalue weighted by Gasteiger charge is 2.19. The van der Waals surface area contributed by atoms with Crippen molar-refractivity contribution in [3.05, 3.63) is 66.1 Å². The lowest BCUT2D eigenvalue weighted by molar-refractivity contribution is -0.131. The van der Waals surface area contributed by atoms with Crippen LogP contribution in [-0.4, -0.2) is 65.7 Å². The zero-order valence-corrected chi connectivity index (χ0v) is 19.3. The van der Waals surface area contributed by atoms with Crippen molar-refractivity contribution in [1.29, 1.82) is 0 Å². The van der Waals surface area contributed by atoms with Crippen molar-refractivity contribution >= 4 is 5.91 Å². The molecule has 174 valence electrons. The van der Waals surface area contributed by atoms with Gasteiger partial charge in [-0.05, 0) is 50.0 Å². The van der Waals surface area contributed by atoms with Crippen LogP contribution in [0.3, 0.4) is 0 Å². The van der Waals surface area contributed by atoms with Gasteiger partial charge in [0.25, 0.3) is 0 Å². The molecule has 7 heteroatoms. The fourth-order valence-corrected chi connectivity index (χ4v) is 4.16. The summed E-state index contributed by atoms with van der Waals surface area (Å²) in [7, 11) is 1.66. The van der Waals surface area contributed by atoms with Crippen LogP contribution in [0.25, 0.3) is 11.4 Å². The highest BCUT2D eigenvalue weighted by Crippen LogP contribution is 2.16. The fraction of sp³-hybridized carbons (Fsp3) is 0.423. The lowest BCUT2D eigenvalue weighted by Crippen LogP contribution is -2.35. The predicted octanol–water partition coefficient (Wildman–Crippen LogP) is 3.84. The van der Waals surface area contributed by atoms with Crippen molar-refractivity contribution in [3.63, 3.8) is 0 Å². The van der Waals surface area contributed by atoms with E-state index in [0.29, 0.717) is 18.1 Å². The monoisotopic (exact) mass is 448 g/mol. The van der Waals surface area contributed by atoms with Gasteiger partial charge in [-0.1, -0.05) is 47.6 Å². The molecule has 2 heterocycles. The summed E-state index contributed by atoms with van der Waals surface area (Å²) in [5, 5.41) is 4.09. The van der Waals surface area contributed by atoms with Gasteiger partial charge in [-0.3, -0.25) is 4.79 Å². The number of nitrogens with zero attached hydrogens (tertiary/aromatic N) is 4. The number of ether oxygens (including phenoxy) is 1. The minimum absolute atomic E-state index is 0.243. The average molecular weight is 449 g/mol. The molecule has 0 saturated carbocycles. The quantitative estimate of drug-likeness (QED) is 0.495. The van der Waals surface area contributed by atoms with Gasteiger partial charge in [0.1, 0.15) is 5.75 Å². The molecule has 3 aromatic rings. The third-order valence-corrected chi connectivity index (χ3v) is 6.09. The Morgan fingerprint density at radius 1 is 1.00 bits per heavy atom. The molecule has 1 aliphatic rings. The van der Waals surface area contributed by atoms with Gasteiger partial charge in [0.15, 0.2) is 0 Å². The molecule has 0 bridgehead atoms. The third-order valence-electron chi connectivity index (χ3n) is 6.09. The molecule has 0 N–H and O–H groups in total. The second-order valence-electron chi connectivity index (χ2n) is 8.41. The van der Waals surface area contributed by atoms with E-state index in [1.807, 2.05) is 59.5 Å². The number of benzene rings is 2. The Labute approximate surface area is 195 Å². The normalized spacial score (nSPS) is 14.8. The Bertz CT molecular complexity index is 1000. The summed E-state index contributed by atoms with van der Waals surface area (Å²) in [6, 6.07) is 17.8. The number of carbonyl (C=O) groups is 1. The zero-order valence-electron chi connectivity index (χ0n) is 19.3. The summed E-state index contributed by atoms with van der Waals surface area (Å²) in [5.41, 5.74) is 2.13. The summed E-state index contributed by atoms with van der Waals surface area (Å²) >= 11 is 0. The number of aryl methyl sites for hydroxylation is 2. The molecule has 7 nitrogen and oxygen atoms in total. The molecule has 0 radical (unpaired) electrons. The molecule has 1 aliphatic heterocycles. The summed E-state index contributed by atoms with van der Waals surface area (Å²) < 4.78 is 10.6. The molecule has 0 unspecified atom stereocenters. The van der Waals surface area contributed by atoms with E-state index in [0.717, 1.165) is 75.3 Å². The molecule has 0 atom stereocenters. The Morgan fingerprint density at radius 3 is 2.61 bits per heavy atom. The third kappa shape index (κ3) is 6.65. The molecular formula is C26H32N4O3. The van der Waals surface area contributed by atoms with Crippen LogP contribution in [0.1, 0.15) is 30.7 Å². The van der Waals surface area contributed by atoms with Gasteiger partial charge >= 0.3 is 0 Å². The lowest BCUT2D eigenvalue weighted by Gasteiger charge is -2.22. The van der Waals surface area contributed by atoms with E-state index in [9.17, 15) is 4.79 Å². The van der Waals surface area contributed by atoms with Gasteiger partial charge in [-0.2, -0.15) is 4.98 Å². The number of carbonyl (C=O) groups excluding carboxylic acids is 1. The van der Waals surface area contributed by atoms with Gasteiger partial charge in [0.2, 0.25) is 17.6 Å². The van der Waals surface area contributed by atoms with E-state index in [1.54, 1.807) is 7.11 Å². The molecule has 1 amide bonds. The SMILES string of the molecule is COc1ccc(CCC(=O)N2CCCN(CCCc3nc(-c4ccccc4)no3)CC2)cc1. The van der Waals surface area contributed by atoms with Crippen LogP contribution in [0, 0.1) is 0 Å². The molecule has 1 saturated heterocycles. The van der Waals surface area contributed by atoms with E-state index < -0.39 is 0 Å². The van der Waals surface area contributed by atoms with Crippen LogP contribution in [0.4, 0.5) is 0 Å². The van der Waals surface area contributed by atoms with E-state index in [1.165, 1.54) is 0 Å². The first-order valence-electron chi connectivity index (χ1n) is 11.7. The maximum Gasteiger partial charge on any atom is 0.227 e. The van der Waals surface area contributed by atoms with Crippen LogP contribution in [0.15, 0.2) is 59.1 Å². The highest BCUT2D eigenvalue weighted by molar-refractivity contribution is 5.76. The van der Waals surface area contributed by atoms with E-state index in [-0.39, 0.29) is 5.91 Å². The number of hydrogen-bond donors (Lipinski definition) is 0. The minimum atomic E-state index is 0.243. The zero-order chi connectivity index (χ0) is 22.9. The summed E-state index contributed by atoms with van der Waals surface area (Å²) in [4.78, 5) is 21.7. The maximum atomic E-state index is 12.7. The summed E-state index contributed by atoms with van der Waals surface area (Å²) in [6.07, 6.45) is 4.04. The maximum absolute atomic E-state index is 12.7. The number of methoxy groups -OCH3 is 1. The molecule has 4 rings (SSSR count). The van der Waals surface area contributed by atoms with Crippen LogP contribution >= 0.6 is 0 Å². The summed E-state index contributed by atoms with van der Waals surface area (Å²) in [5.74, 6) is 2.41. The molecule has 33 heavy (non-hydrogen) atoms. The molecule has 1 aromatic heterocycles. The average Bonchev–Trinajstić information content (AvgIpc) is 3.21. The van der Waals surface area contributed by atoms with Crippen LogP contribution in [-0.2, 0) is 17.6 Å². The number of amides is 1.